The topological polar surface area (TPSA) is 343 Å². The summed E-state index contributed by atoms with van der Waals surface area (Å²) in [6, 6.07) is 32.3. The van der Waals surface area contributed by atoms with E-state index in [1.54, 1.807) is 44.2 Å². The smallest absolute Gasteiger partial charge is 0.338 e. The van der Waals surface area contributed by atoms with Crippen LogP contribution in [0.1, 0.15) is 47.3 Å². The normalized spacial score (nSPS) is 33.3. The SMILES string of the molecule is CO[C@@]1(C)O[C@@H]2[C@@H](N=[N+]=[N-])[C@@H](O[C@H]3[C@H](O)[C@@H](O[C@@H]4O[C@H](COCc5ccccc5)[C@@H](OCc5ccccc5)[C@H](OCc5ccccc5)[C@H]4OC(=O)c4ccccc4)[C@H](N=[N+]=[N-])C[C@@H]3N=[N+]=[N-])O[C@H](CN=[N+]=[N-])[C@H]2O[C@]1(C)OC. The van der Waals surface area contributed by atoms with Gasteiger partial charge in [-0.05, 0) is 71.2 Å². The van der Waals surface area contributed by atoms with Crippen molar-refractivity contribution < 1.29 is 66.7 Å². The lowest BCUT2D eigenvalue weighted by Gasteiger charge is -2.57. The molecule has 0 spiro atoms. The van der Waals surface area contributed by atoms with Crippen LogP contribution in [0, 0.1) is 0 Å². The third-order valence-electron chi connectivity index (χ3n) is 14.2. The van der Waals surface area contributed by atoms with E-state index in [0.717, 1.165) is 16.7 Å². The highest BCUT2D eigenvalue weighted by Crippen LogP contribution is 2.46. The first-order valence-corrected chi connectivity index (χ1v) is 25.0. The number of aliphatic hydroxyl groups excluding tert-OH is 1. The summed E-state index contributed by atoms with van der Waals surface area (Å²) < 4.78 is 77.3. The Balaban J connectivity index is 1.18. The fraction of sp³-hybridized carbons (Fsp3) is 0.519. The quantitative estimate of drug-likeness (QED) is 0.0315. The van der Waals surface area contributed by atoms with Gasteiger partial charge in [0.25, 0.3) is 0 Å². The molecule has 17 atom stereocenters. The molecule has 26 heteroatoms. The molecule has 0 amide bonds. The van der Waals surface area contributed by atoms with Crippen LogP contribution in [0.5, 0.6) is 0 Å². The summed E-state index contributed by atoms with van der Waals surface area (Å²) >= 11 is 0. The second kappa shape index (κ2) is 27.1. The molecule has 26 nitrogen and oxygen atoms in total. The molecular weight excluding hydrogens is 1020 g/mol. The molecule has 0 unspecified atom stereocenters. The number of nitrogens with zero attached hydrogens (tertiary/aromatic N) is 12. The van der Waals surface area contributed by atoms with E-state index >= 15 is 0 Å². The van der Waals surface area contributed by atoms with Crippen molar-refractivity contribution in [2.24, 2.45) is 20.5 Å². The molecule has 1 aliphatic carbocycles. The Labute approximate surface area is 448 Å². The molecule has 0 radical (unpaired) electrons. The molecule has 4 aliphatic rings. The van der Waals surface area contributed by atoms with E-state index in [1.807, 2.05) is 91.0 Å². The second-order valence-electron chi connectivity index (χ2n) is 18.9. The number of hydrogen-bond acceptors (Lipinski definition) is 18. The van der Waals surface area contributed by atoms with Crippen LogP contribution in [0.2, 0.25) is 0 Å². The van der Waals surface area contributed by atoms with Crippen LogP contribution in [0.15, 0.2) is 142 Å². The van der Waals surface area contributed by atoms with Gasteiger partial charge in [0.05, 0.1) is 68.9 Å². The van der Waals surface area contributed by atoms with Crippen LogP contribution < -0.4 is 0 Å². The molecular formula is C52H60N12O14. The van der Waals surface area contributed by atoms with Gasteiger partial charge in [-0.1, -0.05) is 130 Å². The number of fused-ring (bicyclic) bond motifs is 1. The Kier molecular flexibility index (Phi) is 19.9. The Hall–Kier alpha value is -6.89. The van der Waals surface area contributed by atoms with E-state index in [4.69, 9.17) is 56.8 Å². The summed E-state index contributed by atoms with van der Waals surface area (Å²) in [5.74, 6) is -4.01. The lowest BCUT2D eigenvalue weighted by molar-refractivity contribution is -0.471. The second-order valence-corrected chi connectivity index (χ2v) is 18.9. The number of carbonyl (C=O) groups excluding carboxylic acids is 1. The number of rotatable bonds is 23. The number of azide groups is 4. The molecule has 1 N–H and O–H groups in total. The van der Waals surface area contributed by atoms with Crippen molar-refractivity contribution >= 4 is 5.97 Å². The summed E-state index contributed by atoms with van der Waals surface area (Å²) in [5, 5.41) is 28.4. The van der Waals surface area contributed by atoms with E-state index in [0.29, 0.717) is 0 Å². The van der Waals surface area contributed by atoms with Crippen molar-refractivity contribution in [1.29, 1.82) is 0 Å². The number of hydrogen-bond donors (Lipinski definition) is 1. The maximum atomic E-state index is 14.3. The molecule has 412 valence electrons. The summed E-state index contributed by atoms with van der Waals surface area (Å²) in [7, 11) is 2.73. The van der Waals surface area contributed by atoms with Crippen molar-refractivity contribution in [1.82, 2.24) is 0 Å². The number of aliphatic hydroxyl groups is 1. The Morgan fingerprint density at radius 2 is 1.09 bits per heavy atom. The van der Waals surface area contributed by atoms with Crippen LogP contribution in [0.3, 0.4) is 0 Å². The van der Waals surface area contributed by atoms with Crippen LogP contribution in [0.4, 0.5) is 0 Å². The van der Waals surface area contributed by atoms with Gasteiger partial charge < -0.3 is 61.9 Å². The summed E-state index contributed by atoms with van der Waals surface area (Å²) in [4.78, 5) is 26.4. The van der Waals surface area contributed by atoms with Crippen LogP contribution in [-0.4, -0.2) is 142 Å². The fourth-order valence-corrected chi connectivity index (χ4v) is 9.90. The Bertz CT molecular complexity index is 2780. The Morgan fingerprint density at radius 3 is 1.62 bits per heavy atom. The van der Waals surface area contributed by atoms with Crippen LogP contribution in [0.25, 0.3) is 41.8 Å². The molecule has 3 aliphatic heterocycles. The van der Waals surface area contributed by atoms with E-state index < -0.39 is 109 Å². The largest absolute Gasteiger partial charge is 0.450 e. The van der Waals surface area contributed by atoms with E-state index in [-0.39, 0.29) is 45.0 Å². The first-order valence-electron chi connectivity index (χ1n) is 25.0. The average molecular weight is 1080 g/mol. The standard InChI is InChI=1S/C52H60N12O14/c1-51(67-3)52(2,68-4)78-45-39(60-64-56)49(72-37(26-57-61-53)44(45)77-51)75-41-35(58-62-54)25-36(59-63-55)42(40(41)65)76-50-47(74-48(66)34-23-15-8-16-24-34)46(71-29-33-21-13-7-14-22-33)43(70-28-32-19-11-6-12-20-32)38(73-50)30-69-27-31-17-9-5-10-18-31/h5-24,35-47,49-50,65H,25-30H2,1-4H3/t35-,36+,37+,38+,39+,40-,41+,42-,43+,44+,45+,46-,47+,49+,50-,51-,52-/m0/s1. The zero-order valence-electron chi connectivity index (χ0n) is 43.1. The first-order chi connectivity index (χ1) is 38.0. The zero-order valence-corrected chi connectivity index (χ0v) is 43.1. The highest BCUT2D eigenvalue weighted by molar-refractivity contribution is 5.89. The van der Waals surface area contributed by atoms with Crippen molar-refractivity contribution in [3.05, 3.63) is 185 Å². The molecule has 78 heavy (non-hydrogen) atoms. The minimum absolute atomic E-state index is 0.00316. The van der Waals surface area contributed by atoms with Gasteiger partial charge in [0.1, 0.15) is 42.7 Å². The highest BCUT2D eigenvalue weighted by Gasteiger charge is 2.63. The molecule has 3 saturated heterocycles. The maximum Gasteiger partial charge on any atom is 0.338 e. The van der Waals surface area contributed by atoms with Gasteiger partial charge in [0, 0.05) is 33.9 Å². The zero-order chi connectivity index (χ0) is 55.1. The van der Waals surface area contributed by atoms with Crippen molar-refractivity contribution in [2.45, 2.75) is 143 Å². The number of esters is 1. The number of carbonyl (C=O) groups is 1. The third-order valence-corrected chi connectivity index (χ3v) is 14.2. The van der Waals surface area contributed by atoms with Crippen molar-refractivity contribution in [3.63, 3.8) is 0 Å². The molecule has 0 aromatic heterocycles. The van der Waals surface area contributed by atoms with Gasteiger partial charge in [-0.25, -0.2) is 4.79 Å². The molecule has 4 aromatic carbocycles. The minimum atomic E-state index is -1.91. The lowest BCUT2D eigenvalue weighted by atomic mass is 9.84. The minimum Gasteiger partial charge on any atom is -0.450 e. The van der Waals surface area contributed by atoms with Gasteiger partial charge in [-0.3, -0.25) is 0 Å². The average Bonchev–Trinajstić information content (AvgIpc) is 3.54. The van der Waals surface area contributed by atoms with E-state index in [9.17, 15) is 32.0 Å². The summed E-state index contributed by atoms with van der Waals surface area (Å²) in [6.45, 7) is 2.86. The highest BCUT2D eigenvalue weighted by atomic mass is 16.8. The third kappa shape index (κ3) is 13.3. The van der Waals surface area contributed by atoms with E-state index in [2.05, 4.69) is 40.1 Å². The number of methoxy groups -OCH3 is 2. The Morgan fingerprint density at radius 1 is 0.603 bits per heavy atom. The lowest BCUT2D eigenvalue weighted by Crippen LogP contribution is -2.73. The van der Waals surface area contributed by atoms with Gasteiger partial charge >= 0.3 is 5.97 Å². The van der Waals surface area contributed by atoms with Gasteiger partial charge in [0.2, 0.25) is 11.6 Å². The van der Waals surface area contributed by atoms with Gasteiger partial charge in [-0.2, -0.15) is 0 Å². The van der Waals surface area contributed by atoms with E-state index in [1.165, 1.54) is 14.2 Å². The molecule has 4 fully saturated rings. The number of ether oxygens (including phenoxy) is 12. The van der Waals surface area contributed by atoms with Gasteiger partial charge in [0.15, 0.2) is 18.7 Å². The number of benzene rings is 4. The predicted molar refractivity (Wildman–Crippen MR) is 273 cm³/mol. The van der Waals surface area contributed by atoms with Crippen LogP contribution in [-0.2, 0) is 76.7 Å². The molecule has 4 aromatic rings. The maximum absolute atomic E-state index is 14.3. The first kappa shape index (κ1) is 57.3. The molecule has 8 rings (SSSR count). The molecule has 1 saturated carbocycles. The predicted octanol–water partition coefficient (Wildman–Crippen LogP) is 8.44. The van der Waals surface area contributed by atoms with Gasteiger partial charge in [-0.15, -0.1) is 0 Å². The van der Waals surface area contributed by atoms with Crippen LogP contribution >= 0.6 is 0 Å². The molecule has 3 heterocycles. The fourth-order valence-electron chi connectivity index (χ4n) is 9.90. The van der Waals surface area contributed by atoms with Crippen molar-refractivity contribution in [3.8, 4) is 0 Å². The monoisotopic (exact) mass is 1080 g/mol. The summed E-state index contributed by atoms with van der Waals surface area (Å²) in [6.07, 6.45) is -17.0. The summed E-state index contributed by atoms with van der Waals surface area (Å²) in [5.41, 5.74) is 42.0. The molecule has 0 bridgehead atoms. The van der Waals surface area contributed by atoms with Crippen molar-refractivity contribution in [2.75, 3.05) is 27.4 Å².